The number of carboxylic acids is 1. The van der Waals surface area contributed by atoms with Crippen molar-refractivity contribution in [3.05, 3.63) is 72.6 Å². The smallest absolute Gasteiger partial charge is 0.335 e. The first-order valence-electron chi connectivity index (χ1n) is 6.43. The van der Waals surface area contributed by atoms with E-state index in [0.29, 0.717) is 5.69 Å². The average Bonchev–Trinajstić information content (AvgIpc) is 2.97. The molecule has 104 valence electrons. The van der Waals surface area contributed by atoms with Crippen molar-refractivity contribution in [2.45, 2.75) is 0 Å². The molecule has 0 spiro atoms. The van der Waals surface area contributed by atoms with Crippen molar-refractivity contribution in [1.82, 2.24) is 9.78 Å². The van der Waals surface area contributed by atoms with E-state index in [0.717, 1.165) is 11.4 Å². The molecule has 2 aromatic carbocycles. The van der Waals surface area contributed by atoms with Crippen LogP contribution in [-0.4, -0.2) is 20.9 Å². The monoisotopic (exact) mass is 279 g/mol. The van der Waals surface area contributed by atoms with Crippen LogP contribution in [0.25, 0.3) is 5.69 Å². The molecule has 3 rings (SSSR count). The first kappa shape index (κ1) is 12.9. The summed E-state index contributed by atoms with van der Waals surface area (Å²) >= 11 is 0. The number of nitrogens with one attached hydrogen (secondary N) is 1. The van der Waals surface area contributed by atoms with Crippen molar-refractivity contribution < 1.29 is 9.90 Å². The summed E-state index contributed by atoms with van der Waals surface area (Å²) in [5, 5.41) is 16.4. The number of nitrogens with zero attached hydrogens (tertiary/aromatic N) is 2. The Morgan fingerprint density at radius 3 is 2.62 bits per heavy atom. The molecule has 0 bridgehead atoms. The number of anilines is 2. The summed E-state index contributed by atoms with van der Waals surface area (Å²) in [6.07, 6.45) is 3.54. The topological polar surface area (TPSA) is 67.2 Å². The van der Waals surface area contributed by atoms with Gasteiger partial charge in [0, 0.05) is 5.69 Å². The molecule has 0 saturated carbocycles. The van der Waals surface area contributed by atoms with Gasteiger partial charge in [0.25, 0.3) is 0 Å². The summed E-state index contributed by atoms with van der Waals surface area (Å²) in [7, 11) is 0. The van der Waals surface area contributed by atoms with Crippen molar-refractivity contribution >= 4 is 17.3 Å². The highest BCUT2D eigenvalue weighted by Crippen LogP contribution is 2.18. The number of rotatable bonds is 4. The third-order valence-electron chi connectivity index (χ3n) is 3.00. The van der Waals surface area contributed by atoms with Crippen molar-refractivity contribution in [3.8, 4) is 5.69 Å². The minimum atomic E-state index is -0.946. The largest absolute Gasteiger partial charge is 0.478 e. The molecule has 5 heteroatoms. The second kappa shape index (κ2) is 5.50. The van der Waals surface area contributed by atoms with Crippen LogP contribution in [0.15, 0.2) is 67.0 Å². The van der Waals surface area contributed by atoms with Crippen LogP contribution in [0.1, 0.15) is 10.4 Å². The first-order chi connectivity index (χ1) is 10.2. The van der Waals surface area contributed by atoms with Gasteiger partial charge >= 0.3 is 5.97 Å². The fourth-order valence-electron chi connectivity index (χ4n) is 2.01. The van der Waals surface area contributed by atoms with Crippen molar-refractivity contribution in [3.63, 3.8) is 0 Å². The van der Waals surface area contributed by atoms with E-state index in [1.165, 1.54) is 0 Å². The summed E-state index contributed by atoms with van der Waals surface area (Å²) in [6.45, 7) is 0. The highest BCUT2D eigenvalue weighted by Gasteiger charge is 2.05. The van der Waals surface area contributed by atoms with E-state index in [1.807, 2.05) is 42.6 Å². The maximum atomic E-state index is 11.0. The predicted octanol–water partition coefficient (Wildman–Crippen LogP) is 3.31. The Morgan fingerprint density at radius 2 is 1.86 bits per heavy atom. The van der Waals surface area contributed by atoms with Gasteiger partial charge in [-0.25, -0.2) is 9.48 Å². The molecular weight excluding hydrogens is 266 g/mol. The average molecular weight is 279 g/mol. The van der Waals surface area contributed by atoms with Crippen LogP contribution in [0.4, 0.5) is 11.4 Å². The Kier molecular flexibility index (Phi) is 3.39. The number of carboxylic acid groups (broad SMARTS) is 1. The fourth-order valence-corrected chi connectivity index (χ4v) is 2.01. The van der Waals surface area contributed by atoms with Crippen LogP contribution >= 0.6 is 0 Å². The lowest BCUT2D eigenvalue weighted by Gasteiger charge is -2.04. The van der Waals surface area contributed by atoms with Gasteiger partial charge < -0.3 is 10.4 Å². The summed E-state index contributed by atoms with van der Waals surface area (Å²) < 4.78 is 1.75. The molecule has 0 aliphatic rings. The van der Waals surface area contributed by atoms with Crippen LogP contribution in [0, 0.1) is 0 Å². The van der Waals surface area contributed by atoms with Gasteiger partial charge in [0.15, 0.2) is 0 Å². The van der Waals surface area contributed by atoms with Crippen LogP contribution in [0.3, 0.4) is 0 Å². The summed E-state index contributed by atoms with van der Waals surface area (Å²) in [4.78, 5) is 11.0. The number of carbonyl (C=O) groups is 1. The van der Waals surface area contributed by atoms with Crippen molar-refractivity contribution in [2.24, 2.45) is 0 Å². The lowest BCUT2D eigenvalue weighted by Crippen LogP contribution is -1.97. The molecule has 0 fully saturated rings. The zero-order valence-electron chi connectivity index (χ0n) is 11.1. The van der Waals surface area contributed by atoms with E-state index in [4.69, 9.17) is 5.11 Å². The predicted molar refractivity (Wildman–Crippen MR) is 80.2 cm³/mol. The number of para-hydroxylation sites is 1. The third kappa shape index (κ3) is 2.92. The summed E-state index contributed by atoms with van der Waals surface area (Å²) in [6, 6.07) is 16.4. The molecule has 0 radical (unpaired) electrons. The van der Waals surface area contributed by atoms with Gasteiger partial charge in [-0.05, 0) is 30.3 Å². The van der Waals surface area contributed by atoms with Crippen LogP contribution < -0.4 is 5.32 Å². The first-order valence-corrected chi connectivity index (χ1v) is 6.43. The third-order valence-corrected chi connectivity index (χ3v) is 3.00. The Bertz CT molecular complexity index is 766. The number of benzene rings is 2. The molecule has 1 aromatic heterocycles. The second-order valence-corrected chi connectivity index (χ2v) is 4.52. The lowest BCUT2D eigenvalue weighted by atomic mass is 10.2. The van der Waals surface area contributed by atoms with Gasteiger partial charge in [-0.1, -0.05) is 24.3 Å². The standard InChI is InChI=1S/C16H13N3O2/c20-16(21)12-5-4-6-13(9-12)18-14-10-17-19(11-14)15-7-2-1-3-8-15/h1-11,18H,(H,20,21). The SMILES string of the molecule is O=C(O)c1cccc(Nc2cnn(-c3ccccc3)c2)c1. The number of hydrogen-bond donors (Lipinski definition) is 2. The van der Waals surface area contributed by atoms with Gasteiger partial charge in [-0.15, -0.1) is 0 Å². The van der Waals surface area contributed by atoms with Gasteiger partial charge in [0.2, 0.25) is 0 Å². The molecule has 0 unspecified atom stereocenters. The quantitative estimate of drug-likeness (QED) is 0.768. The fraction of sp³-hybridized carbons (Fsp3) is 0. The Labute approximate surface area is 121 Å². The molecule has 0 atom stereocenters. The normalized spacial score (nSPS) is 10.3. The lowest BCUT2D eigenvalue weighted by molar-refractivity contribution is 0.0697. The zero-order chi connectivity index (χ0) is 14.7. The van der Waals surface area contributed by atoms with E-state index in [-0.39, 0.29) is 5.56 Å². The minimum Gasteiger partial charge on any atom is -0.478 e. The van der Waals surface area contributed by atoms with Crippen LogP contribution in [0.5, 0.6) is 0 Å². The van der Waals surface area contributed by atoms with Gasteiger partial charge in [-0.3, -0.25) is 0 Å². The van der Waals surface area contributed by atoms with Gasteiger partial charge in [-0.2, -0.15) is 5.10 Å². The Morgan fingerprint density at radius 1 is 1.05 bits per heavy atom. The van der Waals surface area contributed by atoms with Crippen LogP contribution in [-0.2, 0) is 0 Å². The van der Waals surface area contributed by atoms with E-state index in [2.05, 4.69) is 10.4 Å². The highest BCUT2D eigenvalue weighted by atomic mass is 16.4. The molecule has 2 N–H and O–H groups in total. The maximum Gasteiger partial charge on any atom is 0.335 e. The summed E-state index contributed by atoms with van der Waals surface area (Å²) in [5.41, 5.74) is 2.71. The molecule has 0 aliphatic heterocycles. The summed E-state index contributed by atoms with van der Waals surface area (Å²) in [5.74, 6) is -0.946. The van der Waals surface area contributed by atoms with E-state index in [1.54, 1.807) is 29.1 Å². The molecule has 1 heterocycles. The van der Waals surface area contributed by atoms with Gasteiger partial charge in [0.1, 0.15) is 0 Å². The molecular formula is C16H13N3O2. The zero-order valence-corrected chi connectivity index (χ0v) is 11.1. The maximum absolute atomic E-state index is 11.0. The van der Waals surface area contributed by atoms with E-state index in [9.17, 15) is 4.79 Å². The second-order valence-electron chi connectivity index (χ2n) is 4.52. The Hall–Kier alpha value is -3.08. The number of aromatic nitrogens is 2. The molecule has 21 heavy (non-hydrogen) atoms. The molecule has 0 amide bonds. The number of hydrogen-bond acceptors (Lipinski definition) is 3. The van der Waals surface area contributed by atoms with Crippen LogP contribution in [0.2, 0.25) is 0 Å². The molecule has 3 aromatic rings. The molecule has 5 nitrogen and oxygen atoms in total. The van der Waals surface area contributed by atoms with E-state index < -0.39 is 5.97 Å². The molecule has 0 saturated heterocycles. The van der Waals surface area contributed by atoms with Crippen molar-refractivity contribution in [1.29, 1.82) is 0 Å². The molecule has 0 aliphatic carbocycles. The highest BCUT2D eigenvalue weighted by molar-refractivity contribution is 5.89. The number of aromatic carboxylic acids is 1. The Balaban J connectivity index is 1.82. The minimum absolute atomic E-state index is 0.246. The van der Waals surface area contributed by atoms with Gasteiger partial charge in [0.05, 0.1) is 29.3 Å². The van der Waals surface area contributed by atoms with E-state index >= 15 is 0 Å². The van der Waals surface area contributed by atoms with Crippen molar-refractivity contribution in [2.75, 3.05) is 5.32 Å².